The summed E-state index contributed by atoms with van der Waals surface area (Å²) in [5.74, 6) is 0. The van der Waals surface area contributed by atoms with Crippen LogP contribution in [0.5, 0.6) is 0 Å². The van der Waals surface area contributed by atoms with Crippen LogP contribution in [-0.2, 0) is 10.8 Å². The van der Waals surface area contributed by atoms with Crippen LogP contribution in [0.15, 0.2) is 155 Å². The standard InChI is InChI=1S/C50H36Br2S2/c1-29-5-13-33(14-6-29)49(34-15-7-30(2)8-16-34)41-25-37(51)21-23-39(41)47-43(49)27-45(53-47)46-28-44-48(54-46)40-24-22-38(52)26-42(40)50(44,35-17-9-31(3)10-18-35)36-19-11-32(4)12-20-36/h5-28H,1-4H3. The van der Waals surface area contributed by atoms with Gasteiger partial charge in [0.2, 0.25) is 0 Å². The number of aryl methyl sites for hydroxylation is 4. The Morgan fingerprint density at radius 2 is 0.648 bits per heavy atom. The van der Waals surface area contributed by atoms with Gasteiger partial charge in [-0.05, 0) is 120 Å². The number of halogens is 2. The number of fused-ring (bicyclic) bond motifs is 6. The van der Waals surface area contributed by atoms with E-state index in [-0.39, 0.29) is 0 Å². The van der Waals surface area contributed by atoms with Gasteiger partial charge < -0.3 is 0 Å². The molecule has 0 nitrogen and oxygen atoms in total. The predicted molar refractivity (Wildman–Crippen MR) is 237 cm³/mol. The van der Waals surface area contributed by atoms with Gasteiger partial charge in [-0.2, -0.15) is 0 Å². The van der Waals surface area contributed by atoms with Crippen LogP contribution >= 0.6 is 54.5 Å². The zero-order valence-electron chi connectivity index (χ0n) is 30.4. The van der Waals surface area contributed by atoms with Crippen LogP contribution in [0.25, 0.3) is 30.6 Å². The average Bonchev–Trinajstić information content (AvgIpc) is 3.92. The maximum atomic E-state index is 3.87. The van der Waals surface area contributed by atoms with E-state index in [1.807, 2.05) is 22.7 Å². The minimum absolute atomic E-state index is 0.447. The van der Waals surface area contributed by atoms with Crippen molar-refractivity contribution in [1.29, 1.82) is 0 Å². The summed E-state index contributed by atoms with van der Waals surface area (Å²) >= 11 is 11.6. The Morgan fingerprint density at radius 3 is 0.944 bits per heavy atom. The molecule has 0 radical (unpaired) electrons. The third-order valence-electron chi connectivity index (χ3n) is 11.7. The fraction of sp³-hybridized carbons (Fsp3) is 0.120. The summed E-state index contributed by atoms with van der Waals surface area (Å²) in [6.45, 7) is 8.71. The van der Waals surface area contributed by atoms with Crippen LogP contribution in [0, 0.1) is 27.7 Å². The molecule has 8 aromatic rings. The van der Waals surface area contributed by atoms with E-state index >= 15 is 0 Å². The second-order valence-electron chi connectivity index (χ2n) is 15.1. The third kappa shape index (κ3) is 4.90. The third-order valence-corrected chi connectivity index (χ3v) is 15.2. The summed E-state index contributed by atoms with van der Waals surface area (Å²) in [6.07, 6.45) is 0. The van der Waals surface area contributed by atoms with Gasteiger partial charge in [-0.25, -0.2) is 0 Å². The molecule has 0 aliphatic heterocycles. The number of thiophene rings is 2. The van der Waals surface area contributed by atoms with Crippen molar-refractivity contribution in [3.8, 4) is 30.6 Å². The van der Waals surface area contributed by atoms with Gasteiger partial charge in [0.05, 0.1) is 10.8 Å². The molecule has 2 aromatic heterocycles. The van der Waals surface area contributed by atoms with Crippen molar-refractivity contribution in [2.24, 2.45) is 0 Å². The van der Waals surface area contributed by atoms with E-state index in [2.05, 4.69) is 205 Å². The Balaban J connectivity index is 1.25. The van der Waals surface area contributed by atoms with E-state index in [4.69, 9.17) is 0 Å². The van der Waals surface area contributed by atoms with Crippen molar-refractivity contribution in [2.45, 2.75) is 38.5 Å². The normalized spacial score (nSPS) is 14.4. The fourth-order valence-electron chi connectivity index (χ4n) is 9.11. The van der Waals surface area contributed by atoms with Gasteiger partial charge in [0.1, 0.15) is 0 Å². The Bertz CT molecular complexity index is 2460. The van der Waals surface area contributed by atoms with E-state index in [1.165, 1.54) is 97.4 Å². The van der Waals surface area contributed by atoms with Gasteiger partial charge in [-0.3, -0.25) is 0 Å². The van der Waals surface area contributed by atoms with Gasteiger partial charge in [0.25, 0.3) is 0 Å². The lowest BCUT2D eigenvalue weighted by Crippen LogP contribution is -2.28. The van der Waals surface area contributed by atoms with Crippen molar-refractivity contribution in [1.82, 2.24) is 0 Å². The van der Waals surface area contributed by atoms with Gasteiger partial charge >= 0.3 is 0 Å². The summed E-state index contributed by atoms with van der Waals surface area (Å²) in [4.78, 5) is 5.35. The van der Waals surface area contributed by atoms with E-state index in [0.29, 0.717) is 0 Å². The Labute approximate surface area is 342 Å². The molecule has 0 fully saturated rings. The highest BCUT2D eigenvalue weighted by Crippen LogP contribution is 2.63. The number of hydrogen-bond donors (Lipinski definition) is 0. The molecule has 2 aliphatic rings. The molecule has 0 N–H and O–H groups in total. The van der Waals surface area contributed by atoms with Gasteiger partial charge in [0.15, 0.2) is 0 Å². The van der Waals surface area contributed by atoms with E-state index < -0.39 is 10.8 Å². The summed E-state index contributed by atoms with van der Waals surface area (Å²) < 4.78 is 2.20. The molecule has 0 saturated carbocycles. The maximum Gasteiger partial charge on any atom is 0.0722 e. The molecule has 0 amide bonds. The molecule has 4 heteroatoms. The minimum Gasteiger partial charge on any atom is -0.134 e. The summed E-state index contributed by atoms with van der Waals surface area (Å²) in [6, 6.07) is 55.7. The van der Waals surface area contributed by atoms with Crippen molar-refractivity contribution < 1.29 is 0 Å². The zero-order chi connectivity index (χ0) is 36.9. The SMILES string of the molecule is Cc1ccc(C2(c3ccc(C)cc3)c3cc(Br)ccc3-c3sc(-c4cc5c(s4)-c4ccc(Br)cc4C5(c4ccc(C)cc4)c4ccc(C)cc4)cc32)cc1. The second-order valence-corrected chi connectivity index (χ2v) is 19.0. The molecule has 10 rings (SSSR count). The monoisotopic (exact) mass is 858 g/mol. The van der Waals surface area contributed by atoms with Crippen molar-refractivity contribution in [3.05, 3.63) is 221 Å². The molecule has 0 saturated heterocycles. The Kier molecular flexibility index (Phi) is 7.98. The van der Waals surface area contributed by atoms with Crippen LogP contribution in [0.2, 0.25) is 0 Å². The topological polar surface area (TPSA) is 0 Å². The minimum atomic E-state index is -0.447. The zero-order valence-corrected chi connectivity index (χ0v) is 35.2. The molecule has 0 bridgehead atoms. The summed E-state index contributed by atoms with van der Waals surface area (Å²) in [7, 11) is 0. The lowest BCUT2D eigenvalue weighted by Gasteiger charge is -2.34. The second kappa shape index (κ2) is 12.6. The molecule has 2 heterocycles. The fourth-order valence-corrected chi connectivity index (χ4v) is 12.4. The van der Waals surface area contributed by atoms with Crippen LogP contribution < -0.4 is 0 Å². The lowest BCUT2D eigenvalue weighted by atomic mass is 9.67. The molecule has 6 aromatic carbocycles. The first-order valence-electron chi connectivity index (χ1n) is 18.4. The number of benzene rings is 6. The van der Waals surface area contributed by atoms with Crippen molar-refractivity contribution in [3.63, 3.8) is 0 Å². The van der Waals surface area contributed by atoms with Crippen LogP contribution in [0.3, 0.4) is 0 Å². The van der Waals surface area contributed by atoms with Gasteiger partial charge in [-0.1, -0.05) is 163 Å². The lowest BCUT2D eigenvalue weighted by molar-refractivity contribution is 0.768. The molecular weight excluding hydrogens is 824 g/mol. The van der Waals surface area contributed by atoms with Crippen LogP contribution in [-0.4, -0.2) is 0 Å². The maximum absolute atomic E-state index is 3.87. The van der Waals surface area contributed by atoms with Crippen molar-refractivity contribution >= 4 is 54.5 Å². The molecule has 2 aliphatic carbocycles. The largest absolute Gasteiger partial charge is 0.134 e. The van der Waals surface area contributed by atoms with Gasteiger partial charge in [-0.15, -0.1) is 22.7 Å². The quantitative estimate of drug-likeness (QED) is 0.162. The highest BCUT2D eigenvalue weighted by atomic mass is 79.9. The molecule has 262 valence electrons. The van der Waals surface area contributed by atoms with E-state index in [0.717, 1.165) is 8.95 Å². The average molecular weight is 861 g/mol. The molecular formula is C50H36Br2S2. The Hall–Kier alpha value is -4.32. The van der Waals surface area contributed by atoms with Crippen LogP contribution in [0.4, 0.5) is 0 Å². The van der Waals surface area contributed by atoms with Crippen LogP contribution in [0.1, 0.15) is 66.8 Å². The molecule has 0 spiro atoms. The highest BCUT2D eigenvalue weighted by Gasteiger charge is 2.50. The first-order chi connectivity index (χ1) is 26.2. The molecule has 0 unspecified atom stereocenters. The van der Waals surface area contributed by atoms with E-state index in [1.54, 1.807) is 0 Å². The first kappa shape index (κ1) is 34.2. The van der Waals surface area contributed by atoms with Crippen molar-refractivity contribution in [2.75, 3.05) is 0 Å². The number of hydrogen-bond acceptors (Lipinski definition) is 2. The summed E-state index contributed by atoms with van der Waals surface area (Å²) in [5.41, 5.74) is 17.4. The Morgan fingerprint density at radius 1 is 0.352 bits per heavy atom. The highest BCUT2D eigenvalue weighted by molar-refractivity contribution is 9.10. The predicted octanol–water partition coefficient (Wildman–Crippen LogP) is 15.0. The smallest absolute Gasteiger partial charge is 0.0722 e. The molecule has 54 heavy (non-hydrogen) atoms. The summed E-state index contributed by atoms with van der Waals surface area (Å²) in [5, 5.41) is 0. The number of rotatable bonds is 5. The van der Waals surface area contributed by atoms with E-state index in [9.17, 15) is 0 Å². The molecule has 0 atom stereocenters. The first-order valence-corrected chi connectivity index (χ1v) is 21.6. The van der Waals surface area contributed by atoms with Gasteiger partial charge in [0, 0.05) is 28.5 Å².